The van der Waals surface area contributed by atoms with Crippen molar-refractivity contribution in [3.63, 3.8) is 0 Å². The second-order valence-electron chi connectivity index (χ2n) is 5.75. The Hall–Kier alpha value is -1.49. The lowest BCUT2D eigenvalue weighted by atomic mass is 10.1. The lowest BCUT2D eigenvalue weighted by molar-refractivity contribution is 0.0263. The zero-order chi connectivity index (χ0) is 15.9. The molecule has 0 spiro atoms. The van der Waals surface area contributed by atoms with Gasteiger partial charge in [-0.3, -0.25) is 0 Å². The topological polar surface area (TPSA) is 50.0 Å². The number of nitrogens with zero attached hydrogens (tertiary/aromatic N) is 2. The molecule has 2 heterocycles. The molecule has 1 N–H and O–H groups in total. The molecule has 2 rings (SSSR count). The molecule has 0 aromatic carbocycles. The van der Waals surface area contributed by atoms with Crippen LogP contribution in [-0.2, 0) is 11.3 Å². The monoisotopic (exact) mass is 307 g/mol. The fraction of sp³-hybridized carbons (Fsp3) is 0.706. The number of likely N-dealkylation sites (tertiary alicyclic amines) is 1. The first-order chi connectivity index (χ1) is 10.6. The number of ether oxygens (including phenoxy) is 1. The van der Waals surface area contributed by atoms with Crippen LogP contribution in [0, 0.1) is 13.8 Å². The van der Waals surface area contributed by atoms with E-state index in [2.05, 4.69) is 30.1 Å². The molecule has 0 amide bonds. The van der Waals surface area contributed by atoms with Crippen molar-refractivity contribution in [3.05, 3.63) is 23.2 Å². The maximum Gasteiger partial charge on any atom is 0.194 e. The number of piperidine rings is 1. The van der Waals surface area contributed by atoms with Gasteiger partial charge < -0.3 is 19.4 Å². The highest BCUT2D eigenvalue weighted by atomic mass is 16.5. The summed E-state index contributed by atoms with van der Waals surface area (Å²) in [6.07, 6.45) is 2.55. The summed E-state index contributed by atoms with van der Waals surface area (Å²) >= 11 is 0. The smallest absolute Gasteiger partial charge is 0.194 e. The van der Waals surface area contributed by atoms with E-state index < -0.39 is 0 Å². The van der Waals surface area contributed by atoms with Crippen LogP contribution in [0.3, 0.4) is 0 Å². The number of hydrogen-bond donors (Lipinski definition) is 1. The van der Waals surface area contributed by atoms with E-state index in [0.29, 0.717) is 12.6 Å². The summed E-state index contributed by atoms with van der Waals surface area (Å²) in [5.41, 5.74) is 1.16. The second-order valence-corrected chi connectivity index (χ2v) is 5.75. The van der Waals surface area contributed by atoms with Gasteiger partial charge in [-0.05, 0) is 46.6 Å². The summed E-state index contributed by atoms with van der Waals surface area (Å²) < 4.78 is 11.3. The number of furan rings is 1. The Kier molecular flexibility index (Phi) is 6.31. The SMILES string of the molecule is CCNC(=NCc1cc(C)oc1C)N1CCC(OCC)CC1. The highest BCUT2D eigenvalue weighted by Crippen LogP contribution is 2.16. The molecule has 0 radical (unpaired) electrons. The third kappa shape index (κ3) is 4.50. The largest absolute Gasteiger partial charge is 0.466 e. The standard InChI is InChI=1S/C17H29N3O2/c1-5-18-17(19-12-15-11-13(3)22-14(15)4)20-9-7-16(8-10-20)21-6-2/h11,16H,5-10,12H2,1-4H3,(H,18,19). The Morgan fingerprint density at radius 1 is 1.36 bits per heavy atom. The van der Waals surface area contributed by atoms with Crippen molar-refractivity contribution >= 4 is 5.96 Å². The second kappa shape index (κ2) is 8.22. The lowest BCUT2D eigenvalue weighted by Crippen LogP contribution is -2.47. The number of guanidine groups is 1. The van der Waals surface area contributed by atoms with E-state index in [-0.39, 0.29) is 0 Å². The molecule has 5 heteroatoms. The number of hydrogen-bond acceptors (Lipinski definition) is 3. The minimum absolute atomic E-state index is 0.405. The van der Waals surface area contributed by atoms with Crippen molar-refractivity contribution in [2.24, 2.45) is 4.99 Å². The molecule has 1 aromatic heterocycles. The normalized spacial score (nSPS) is 17.1. The molecule has 1 saturated heterocycles. The fourth-order valence-corrected chi connectivity index (χ4v) is 2.90. The van der Waals surface area contributed by atoms with E-state index in [1.165, 1.54) is 0 Å². The van der Waals surface area contributed by atoms with Crippen LogP contribution < -0.4 is 5.32 Å². The van der Waals surface area contributed by atoms with Gasteiger partial charge in [0.25, 0.3) is 0 Å². The van der Waals surface area contributed by atoms with Gasteiger partial charge in [-0.2, -0.15) is 0 Å². The van der Waals surface area contributed by atoms with Crippen molar-refractivity contribution in [1.29, 1.82) is 0 Å². The summed E-state index contributed by atoms with van der Waals surface area (Å²) in [5.74, 6) is 2.91. The van der Waals surface area contributed by atoms with Crippen molar-refractivity contribution in [2.45, 2.75) is 53.2 Å². The van der Waals surface area contributed by atoms with Crippen molar-refractivity contribution < 1.29 is 9.15 Å². The van der Waals surface area contributed by atoms with Crippen LogP contribution in [0.2, 0.25) is 0 Å². The van der Waals surface area contributed by atoms with E-state index in [4.69, 9.17) is 14.1 Å². The summed E-state index contributed by atoms with van der Waals surface area (Å²) in [5, 5.41) is 3.40. The molecule has 1 aliphatic rings. The van der Waals surface area contributed by atoms with Crippen LogP contribution in [0.1, 0.15) is 43.8 Å². The van der Waals surface area contributed by atoms with Crippen LogP contribution in [0.15, 0.2) is 15.5 Å². The molecule has 124 valence electrons. The number of nitrogens with one attached hydrogen (secondary N) is 1. The molecule has 0 bridgehead atoms. The number of aliphatic imine (C=N–C) groups is 1. The van der Waals surface area contributed by atoms with Crippen LogP contribution in [-0.4, -0.2) is 43.2 Å². The van der Waals surface area contributed by atoms with Gasteiger partial charge in [0.05, 0.1) is 12.6 Å². The van der Waals surface area contributed by atoms with Gasteiger partial charge in [-0.1, -0.05) is 0 Å². The van der Waals surface area contributed by atoms with Gasteiger partial charge in [0.1, 0.15) is 11.5 Å². The first kappa shape index (κ1) is 16.9. The molecule has 1 aliphatic heterocycles. The Labute approximate surface area is 133 Å². The van der Waals surface area contributed by atoms with E-state index in [0.717, 1.165) is 62.1 Å². The molecular formula is C17H29N3O2. The zero-order valence-electron chi connectivity index (χ0n) is 14.3. The summed E-state index contributed by atoms with van der Waals surface area (Å²) in [4.78, 5) is 7.12. The first-order valence-electron chi connectivity index (χ1n) is 8.34. The maximum atomic E-state index is 5.72. The molecule has 22 heavy (non-hydrogen) atoms. The van der Waals surface area contributed by atoms with Crippen LogP contribution in [0.4, 0.5) is 0 Å². The van der Waals surface area contributed by atoms with Crippen molar-refractivity contribution in [1.82, 2.24) is 10.2 Å². The predicted molar refractivity (Wildman–Crippen MR) is 89.2 cm³/mol. The van der Waals surface area contributed by atoms with Gasteiger partial charge in [-0.15, -0.1) is 0 Å². The Morgan fingerprint density at radius 2 is 2.09 bits per heavy atom. The van der Waals surface area contributed by atoms with Crippen LogP contribution in [0.5, 0.6) is 0 Å². The van der Waals surface area contributed by atoms with Gasteiger partial charge in [0.15, 0.2) is 5.96 Å². The highest BCUT2D eigenvalue weighted by Gasteiger charge is 2.21. The maximum absolute atomic E-state index is 5.72. The predicted octanol–water partition coefficient (Wildman–Crippen LogP) is 2.86. The number of rotatable bonds is 5. The number of aryl methyl sites for hydroxylation is 2. The molecule has 1 fully saturated rings. The van der Waals surface area contributed by atoms with Gasteiger partial charge in [0, 0.05) is 31.8 Å². The van der Waals surface area contributed by atoms with Gasteiger partial charge in [-0.25, -0.2) is 4.99 Å². The minimum atomic E-state index is 0.405. The van der Waals surface area contributed by atoms with E-state index >= 15 is 0 Å². The van der Waals surface area contributed by atoms with Crippen molar-refractivity contribution in [2.75, 3.05) is 26.2 Å². The highest BCUT2D eigenvalue weighted by molar-refractivity contribution is 5.80. The Morgan fingerprint density at radius 3 is 2.64 bits per heavy atom. The fourth-order valence-electron chi connectivity index (χ4n) is 2.90. The van der Waals surface area contributed by atoms with Crippen LogP contribution >= 0.6 is 0 Å². The molecule has 0 aliphatic carbocycles. The molecular weight excluding hydrogens is 278 g/mol. The third-order valence-corrected chi connectivity index (χ3v) is 4.02. The molecule has 0 unspecified atom stereocenters. The van der Waals surface area contributed by atoms with Gasteiger partial charge >= 0.3 is 0 Å². The Balaban J connectivity index is 1.97. The molecule has 1 aromatic rings. The Bertz CT molecular complexity index is 488. The quantitative estimate of drug-likeness (QED) is 0.671. The van der Waals surface area contributed by atoms with E-state index in [9.17, 15) is 0 Å². The lowest BCUT2D eigenvalue weighted by Gasteiger charge is -2.34. The molecule has 0 atom stereocenters. The van der Waals surface area contributed by atoms with E-state index in [1.54, 1.807) is 0 Å². The molecule has 0 saturated carbocycles. The van der Waals surface area contributed by atoms with E-state index in [1.807, 2.05) is 13.8 Å². The molecule has 5 nitrogen and oxygen atoms in total. The average Bonchev–Trinajstić information content (AvgIpc) is 2.83. The summed E-state index contributed by atoms with van der Waals surface area (Å²) in [6, 6.07) is 2.07. The third-order valence-electron chi connectivity index (χ3n) is 4.02. The summed E-state index contributed by atoms with van der Waals surface area (Å²) in [7, 11) is 0. The average molecular weight is 307 g/mol. The first-order valence-corrected chi connectivity index (χ1v) is 8.34. The van der Waals surface area contributed by atoms with Crippen molar-refractivity contribution in [3.8, 4) is 0 Å². The zero-order valence-corrected chi connectivity index (χ0v) is 14.3. The summed E-state index contributed by atoms with van der Waals surface area (Å²) in [6.45, 7) is 12.5. The van der Waals surface area contributed by atoms with Crippen LogP contribution in [0.25, 0.3) is 0 Å². The minimum Gasteiger partial charge on any atom is -0.466 e. The van der Waals surface area contributed by atoms with Gasteiger partial charge in [0.2, 0.25) is 0 Å².